The number of benzene rings is 1. The third-order valence-corrected chi connectivity index (χ3v) is 6.03. The Bertz CT molecular complexity index is 1090. The third-order valence-electron chi connectivity index (χ3n) is 5.05. The molecule has 0 saturated carbocycles. The van der Waals surface area contributed by atoms with Gasteiger partial charge in [0, 0.05) is 35.7 Å². The van der Waals surface area contributed by atoms with Crippen LogP contribution in [-0.4, -0.2) is 37.5 Å². The van der Waals surface area contributed by atoms with Gasteiger partial charge in [-0.1, -0.05) is 11.3 Å². The minimum Gasteiger partial charge on any atom is -0.317 e. The predicted molar refractivity (Wildman–Crippen MR) is 100 cm³/mol. The molecule has 1 aliphatic rings. The number of fused-ring (bicyclic) bond motifs is 2. The zero-order valence-electron chi connectivity index (χ0n) is 14.7. The normalized spacial score (nSPS) is 16.1. The Morgan fingerprint density at radius 3 is 2.74 bits per heavy atom. The number of piperidine rings is 1. The van der Waals surface area contributed by atoms with Crippen molar-refractivity contribution in [1.29, 1.82) is 0 Å². The Balaban J connectivity index is 1.55. The molecule has 1 aromatic carbocycles. The first-order valence-electron chi connectivity index (χ1n) is 8.91. The topological polar surface area (TPSA) is 60.0 Å². The summed E-state index contributed by atoms with van der Waals surface area (Å²) in [4.78, 5) is 5.53. The number of aryl methyl sites for hydroxylation is 1. The minimum absolute atomic E-state index is 0.0636. The van der Waals surface area contributed by atoms with E-state index < -0.39 is 6.43 Å². The van der Waals surface area contributed by atoms with Gasteiger partial charge in [-0.25, -0.2) is 18.3 Å². The van der Waals surface area contributed by atoms with E-state index in [4.69, 9.17) is 4.98 Å². The Morgan fingerprint density at radius 2 is 2.00 bits per heavy atom. The van der Waals surface area contributed by atoms with Gasteiger partial charge in [-0.2, -0.15) is 10.2 Å². The predicted octanol–water partition coefficient (Wildman–Crippen LogP) is 3.75. The maximum Gasteiger partial charge on any atom is 0.266 e. The van der Waals surface area contributed by atoms with Crippen LogP contribution in [-0.2, 0) is 7.05 Å². The fourth-order valence-corrected chi connectivity index (χ4v) is 4.60. The summed E-state index contributed by atoms with van der Waals surface area (Å²) in [6.45, 7) is 2.02. The van der Waals surface area contributed by atoms with Crippen molar-refractivity contribution in [3.05, 3.63) is 35.8 Å². The van der Waals surface area contributed by atoms with Crippen molar-refractivity contribution >= 4 is 27.2 Å². The van der Waals surface area contributed by atoms with E-state index in [2.05, 4.69) is 15.5 Å². The van der Waals surface area contributed by atoms with Gasteiger partial charge in [0.2, 0.25) is 4.96 Å². The molecule has 1 fully saturated rings. The van der Waals surface area contributed by atoms with Crippen molar-refractivity contribution in [2.75, 3.05) is 13.1 Å². The van der Waals surface area contributed by atoms with Crippen LogP contribution in [0.1, 0.15) is 36.4 Å². The van der Waals surface area contributed by atoms with Gasteiger partial charge in [0.1, 0.15) is 10.5 Å². The Morgan fingerprint density at radius 1 is 1.19 bits per heavy atom. The number of hydrogen-bond donors (Lipinski definition) is 1. The van der Waals surface area contributed by atoms with Gasteiger partial charge in [-0.3, -0.25) is 4.68 Å². The van der Waals surface area contributed by atoms with Gasteiger partial charge >= 0.3 is 0 Å². The van der Waals surface area contributed by atoms with Gasteiger partial charge in [0.25, 0.3) is 6.43 Å². The van der Waals surface area contributed by atoms with Crippen molar-refractivity contribution in [2.45, 2.75) is 25.2 Å². The molecule has 0 atom stereocenters. The molecule has 3 aromatic heterocycles. The number of alkyl halides is 2. The van der Waals surface area contributed by atoms with Crippen molar-refractivity contribution in [3.8, 4) is 10.6 Å². The van der Waals surface area contributed by atoms with Crippen LogP contribution >= 0.6 is 11.3 Å². The third kappa shape index (κ3) is 2.90. The Hall–Kier alpha value is -2.39. The molecule has 0 radical (unpaired) electrons. The van der Waals surface area contributed by atoms with Crippen LogP contribution in [0.4, 0.5) is 8.78 Å². The first-order chi connectivity index (χ1) is 13.1. The van der Waals surface area contributed by atoms with Crippen molar-refractivity contribution in [3.63, 3.8) is 0 Å². The summed E-state index contributed by atoms with van der Waals surface area (Å²) in [6, 6.07) is 3.35. The quantitative estimate of drug-likeness (QED) is 0.581. The molecule has 140 valence electrons. The second-order valence-electron chi connectivity index (χ2n) is 6.93. The van der Waals surface area contributed by atoms with Gasteiger partial charge in [0.05, 0.1) is 11.9 Å². The van der Waals surface area contributed by atoms with Gasteiger partial charge < -0.3 is 5.32 Å². The number of hydrogen-bond acceptors (Lipinski definition) is 5. The molecule has 0 bridgehead atoms. The van der Waals surface area contributed by atoms with Crippen molar-refractivity contribution in [2.24, 2.45) is 7.05 Å². The smallest absolute Gasteiger partial charge is 0.266 e. The van der Waals surface area contributed by atoms with E-state index in [9.17, 15) is 8.78 Å². The summed E-state index contributed by atoms with van der Waals surface area (Å²) >= 11 is 1.42. The molecule has 6 nitrogen and oxygen atoms in total. The Kier molecular flexibility index (Phi) is 3.94. The molecule has 27 heavy (non-hydrogen) atoms. The first kappa shape index (κ1) is 16.8. The van der Waals surface area contributed by atoms with E-state index >= 15 is 0 Å². The molecule has 1 N–H and O–H groups in total. The largest absolute Gasteiger partial charge is 0.317 e. The molecule has 5 rings (SSSR count). The van der Waals surface area contributed by atoms with Gasteiger partial charge in [0.15, 0.2) is 0 Å². The van der Waals surface area contributed by atoms with Gasteiger partial charge in [-0.05, 0) is 38.1 Å². The second kappa shape index (κ2) is 6.35. The van der Waals surface area contributed by atoms with Crippen LogP contribution in [0.5, 0.6) is 0 Å². The summed E-state index contributed by atoms with van der Waals surface area (Å²) in [5.74, 6) is 0.459. The maximum atomic E-state index is 13.5. The lowest BCUT2D eigenvalue weighted by molar-refractivity contribution is 0.153. The molecule has 4 aromatic rings. The highest BCUT2D eigenvalue weighted by molar-refractivity contribution is 7.19. The second-order valence-corrected chi connectivity index (χ2v) is 7.89. The van der Waals surface area contributed by atoms with Gasteiger partial charge in [-0.15, -0.1) is 0 Å². The minimum atomic E-state index is -2.59. The summed E-state index contributed by atoms with van der Waals surface area (Å²) in [5.41, 5.74) is 2.01. The van der Waals surface area contributed by atoms with E-state index in [0.717, 1.165) is 36.6 Å². The molecule has 0 unspecified atom stereocenters. The van der Waals surface area contributed by atoms with E-state index in [1.165, 1.54) is 17.4 Å². The number of rotatable bonds is 3. The number of imidazole rings is 1. The van der Waals surface area contributed by atoms with Crippen molar-refractivity contribution < 1.29 is 8.78 Å². The summed E-state index contributed by atoms with van der Waals surface area (Å²) in [7, 11) is 1.73. The molecule has 9 heteroatoms. The summed E-state index contributed by atoms with van der Waals surface area (Å²) in [6.07, 6.45) is 3.29. The van der Waals surface area contributed by atoms with Crippen LogP contribution in [0.25, 0.3) is 26.4 Å². The standard InChI is InChI=1S/C18H18F2N6S/c1-25-8-12-6-11(7-13(16(19)20)15(12)23-25)17-24-26-9-14(22-18(26)27-17)10-2-4-21-5-3-10/h6-10,16,21H,2-5H2,1H3. The summed E-state index contributed by atoms with van der Waals surface area (Å²) in [5, 5.41) is 13.5. The average Bonchev–Trinajstić information content (AvgIpc) is 3.32. The van der Waals surface area contributed by atoms with E-state index in [0.29, 0.717) is 27.4 Å². The molecular formula is C18H18F2N6S. The summed E-state index contributed by atoms with van der Waals surface area (Å²) < 4.78 is 30.4. The average molecular weight is 388 g/mol. The van der Waals surface area contributed by atoms with E-state index in [1.807, 2.05) is 12.3 Å². The molecule has 0 spiro atoms. The highest BCUT2D eigenvalue weighted by Crippen LogP contribution is 2.35. The zero-order chi connectivity index (χ0) is 18.5. The molecule has 4 heterocycles. The lowest BCUT2D eigenvalue weighted by atomic mass is 9.95. The lowest BCUT2D eigenvalue weighted by Crippen LogP contribution is -2.26. The number of nitrogens with zero attached hydrogens (tertiary/aromatic N) is 5. The Labute approximate surface area is 157 Å². The monoisotopic (exact) mass is 388 g/mol. The van der Waals surface area contributed by atoms with Crippen LogP contribution in [0.3, 0.4) is 0 Å². The van der Waals surface area contributed by atoms with E-state index in [-0.39, 0.29) is 5.56 Å². The molecule has 1 saturated heterocycles. The SMILES string of the molecule is Cn1cc2cc(-c3nn4cc(C5CCNCC5)nc4s3)cc(C(F)F)c2n1. The number of nitrogens with one attached hydrogen (secondary N) is 1. The fourth-order valence-electron chi connectivity index (χ4n) is 3.72. The molecule has 0 amide bonds. The fraction of sp³-hybridized carbons (Fsp3) is 0.389. The molecular weight excluding hydrogens is 370 g/mol. The number of halogens is 2. The van der Waals surface area contributed by atoms with Crippen LogP contribution < -0.4 is 5.32 Å². The molecule has 1 aliphatic heterocycles. The molecule has 0 aliphatic carbocycles. The van der Waals surface area contributed by atoms with Crippen molar-refractivity contribution in [1.82, 2.24) is 29.7 Å². The van der Waals surface area contributed by atoms with Crippen LogP contribution in [0, 0.1) is 0 Å². The van der Waals surface area contributed by atoms with Crippen LogP contribution in [0.15, 0.2) is 24.5 Å². The zero-order valence-corrected chi connectivity index (χ0v) is 15.5. The first-order valence-corrected chi connectivity index (χ1v) is 9.73. The lowest BCUT2D eigenvalue weighted by Gasteiger charge is -2.20. The van der Waals surface area contributed by atoms with E-state index in [1.54, 1.807) is 22.4 Å². The maximum absolute atomic E-state index is 13.5. The highest BCUT2D eigenvalue weighted by atomic mass is 32.1. The number of aromatic nitrogens is 5. The highest BCUT2D eigenvalue weighted by Gasteiger charge is 2.21. The van der Waals surface area contributed by atoms with Crippen LogP contribution in [0.2, 0.25) is 0 Å².